The van der Waals surface area contributed by atoms with E-state index in [2.05, 4.69) is 0 Å². The molecule has 0 spiro atoms. The number of hydrogen-bond acceptors (Lipinski definition) is 4. The van der Waals surface area contributed by atoms with E-state index in [1.54, 1.807) is 7.11 Å². The van der Waals surface area contributed by atoms with Crippen LogP contribution in [0.5, 0.6) is 11.5 Å². The van der Waals surface area contributed by atoms with Crippen LogP contribution in [0.4, 0.5) is 0 Å². The summed E-state index contributed by atoms with van der Waals surface area (Å²) in [5, 5.41) is 9.11. The van der Waals surface area contributed by atoms with E-state index in [9.17, 15) is 4.79 Å². The molecule has 1 atom stereocenters. The molecule has 0 aliphatic carbocycles. The van der Waals surface area contributed by atoms with Crippen LogP contribution < -0.4 is 15.2 Å². The Kier molecular flexibility index (Phi) is 6.10. The maximum atomic E-state index is 10.6. The third-order valence-electron chi connectivity index (χ3n) is 3.14. The lowest BCUT2D eigenvalue weighted by Gasteiger charge is -2.20. The lowest BCUT2D eigenvalue weighted by molar-refractivity contribution is -0.137. The number of halogens is 1. The molecule has 20 heavy (non-hydrogen) atoms. The average Bonchev–Trinajstić information content (AvgIpc) is 2.43. The van der Waals surface area contributed by atoms with Gasteiger partial charge in [-0.25, -0.2) is 0 Å². The number of methoxy groups -OCH3 is 2. The number of rotatable bonds is 7. The molecule has 0 aliphatic rings. The zero-order chi connectivity index (χ0) is 15.3. The molecule has 0 aliphatic heterocycles. The van der Waals surface area contributed by atoms with Crippen LogP contribution in [0.25, 0.3) is 0 Å². The first-order chi connectivity index (χ1) is 9.46. The fourth-order valence-electron chi connectivity index (χ4n) is 2.09. The van der Waals surface area contributed by atoms with Crippen molar-refractivity contribution in [1.82, 2.24) is 0 Å². The second-order valence-corrected chi connectivity index (χ2v) is 4.78. The van der Waals surface area contributed by atoms with Crippen molar-refractivity contribution in [3.8, 4) is 11.5 Å². The summed E-state index contributed by atoms with van der Waals surface area (Å²) in [6, 6.07) is 1.42. The van der Waals surface area contributed by atoms with Crippen LogP contribution >= 0.6 is 11.6 Å². The van der Waals surface area contributed by atoms with E-state index in [4.69, 9.17) is 31.9 Å². The van der Waals surface area contributed by atoms with Crippen LogP contribution in [-0.2, 0) is 11.2 Å². The smallest absolute Gasteiger partial charge is 0.303 e. The molecule has 0 bridgehead atoms. The number of carboxylic acid groups (broad SMARTS) is 1. The fourth-order valence-corrected chi connectivity index (χ4v) is 2.48. The van der Waals surface area contributed by atoms with Crippen LogP contribution in [0.15, 0.2) is 6.07 Å². The summed E-state index contributed by atoms with van der Waals surface area (Å²) >= 11 is 6.28. The SMILES string of the molecule is CCc1cc(C(N)CCC(=O)O)c(OC)c(Cl)c1OC. The third kappa shape index (κ3) is 3.55. The highest BCUT2D eigenvalue weighted by Gasteiger charge is 2.21. The van der Waals surface area contributed by atoms with Crippen LogP contribution in [0.1, 0.15) is 36.9 Å². The van der Waals surface area contributed by atoms with Crippen molar-refractivity contribution >= 4 is 17.6 Å². The summed E-state index contributed by atoms with van der Waals surface area (Å²) in [5.74, 6) is 0.133. The minimum Gasteiger partial charge on any atom is -0.495 e. The Balaban J connectivity index is 3.23. The summed E-state index contributed by atoms with van der Waals surface area (Å²) in [6.07, 6.45) is 1.04. The Morgan fingerprint density at radius 2 is 2.00 bits per heavy atom. The van der Waals surface area contributed by atoms with Gasteiger partial charge in [0.2, 0.25) is 0 Å². The predicted octanol–water partition coefficient (Wildman–Crippen LogP) is 2.78. The van der Waals surface area contributed by atoms with Crippen LogP contribution in [0, 0.1) is 0 Å². The molecule has 1 rings (SSSR count). The van der Waals surface area contributed by atoms with Gasteiger partial charge in [-0.2, -0.15) is 0 Å². The molecule has 1 aromatic carbocycles. The van der Waals surface area contributed by atoms with Crippen LogP contribution in [0.2, 0.25) is 5.02 Å². The number of nitrogens with two attached hydrogens (primary N) is 1. The van der Waals surface area contributed by atoms with Crippen molar-refractivity contribution < 1.29 is 19.4 Å². The third-order valence-corrected chi connectivity index (χ3v) is 3.48. The number of aryl methyl sites for hydroxylation is 1. The first-order valence-electron chi connectivity index (χ1n) is 6.36. The predicted molar refractivity (Wildman–Crippen MR) is 77.7 cm³/mol. The van der Waals surface area contributed by atoms with Crippen molar-refractivity contribution in [1.29, 1.82) is 0 Å². The maximum absolute atomic E-state index is 10.6. The molecule has 3 N–H and O–H groups in total. The molecule has 0 aromatic heterocycles. The van der Waals surface area contributed by atoms with Gasteiger partial charge < -0.3 is 20.3 Å². The number of ether oxygens (including phenoxy) is 2. The van der Waals surface area contributed by atoms with Gasteiger partial charge in [-0.3, -0.25) is 4.79 Å². The van der Waals surface area contributed by atoms with E-state index in [1.165, 1.54) is 7.11 Å². The van der Waals surface area contributed by atoms with Crippen molar-refractivity contribution in [2.24, 2.45) is 5.73 Å². The Morgan fingerprint density at radius 3 is 2.45 bits per heavy atom. The number of carboxylic acids is 1. The molecular weight excluding hydrogens is 282 g/mol. The van der Waals surface area contributed by atoms with E-state index in [-0.39, 0.29) is 6.42 Å². The Hall–Kier alpha value is -1.46. The van der Waals surface area contributed by atoms with Gasteiger partial charge >= 0.3 is 5.97 Å². The average molecular weight is 302 g/mol. The van der Waals surface area contributed by atoms with Gasteiger partial charge in [0.15, 0.2) is 0 Å². The molecule has 0 radical (unpaired) electrons. The van der Waals surface area contributed by atoms with Crippen LogP contribution in [0.3, 0.4) is 0 Å². The Morgan fingerprint density at radius 1 is 1.40 bits per heavy atom. The first kappa shape index (κ1) is 16.6. The molecule has 112 valence electrons. The summed E-state index contributed by atoms with van der Waals surface area (Å²) in [5.41, 5.74) is 7.68. The topological polar surface area (TPSA) is 81.8 Å². The molecule has 0 saturated carbocycles. The molecule has 0 saturated heterocycles. The quantitative estimate of drug-likeness (QED) is 0.809. The van der Waals surface area contributed by atoms with E-state index in [0.29, 0.717) is 28.5 Å². The van der Waals surface area contributed by atoms with E-state index >= 15 is 0 Å². The zero-order valence-corrected chi connectivity index (χ0v) is 12.7. The monoisotopic (exact) mass is 301 g/mol. The standard InChI is InChI=1S/C14H20ClNO4/c1-4-8-7-9(10(16)5-6-11(17)18)14(20-3)12(15)13(8)19-2/h7,10H,4-6,16H2,1-3H3,(H,17,18). The summed E-state index contributed by atoms with van der Waals surface area (Å²) in [6.45, 7) is 1.98. The molecule has 1 unspecified atom stereocenters. The molecule has 5 nitrogen and oxygen atoms in total. The molecule has 1 aromatic rings. The second kappa shape index (κ2) is 7.36. The molecule has 0 amide bonds. The van der Waals surface area contributed by atoms with Gasteiger partial charge in [0, 0.05) is 18.0 Å². The molecular formula is C14H20ClNO4. The van der Waals surface area contributed by atoms with Crippen molar-refractivity contribution in [3.63, 3.8) is 0 Å². The maximum Gasteiger partial charge on any atom is 0.303 e. The molecule has 6 heteroatoms. The molecule has 0 fully saturated rings. The van der Waals surface area contributed by atoms with Gasteiger partial charge in [-0.05, 0) is 24.5 Å². The number of benzene rings is 1. The van der Waals surface area contributed by atoms with Gasteiger partial charge in [-0.15, -0.1) is 0 Å². The van der Waals surface area contributed by atoms with E-state index < -0.39 is 12.0 Å². The van der Waals surface area contributed by atoms with E-state index in [1.807, 2.05) is 13.0 Å². The summed E-state index contributed by atoms with van der Waals surface area (Å²) in [7, 11) is 3.05. The summed E-state index contributed by atoms with van der Waals surface area (Å²) < 4.78 is 10.6. The van der Waals surface area contributed by atoms with Crippen molar-refractivity contribution in [3.05, 3.63) is 22.2 Å². The minimum absolute atomic E-state index is 0.00454. The van der Waals surface area contributed by atoms with Gasteiger partial charge in [-0.1, -0.05) is 18.5 Å². The summed E-state index contributed by atoms with van der Waals surface area (Å²) in [4.78, 5) is 10.6. The highest BCUT2D eigenvalue weighted by Crippen LogP contribution is 2.42. The lowest BCUT2D eigenvalue weighted by atomic mass is 9.97. The normalized spacial score (nSPS) is 12.1. The number of carbonyl (C=O) groups is 1. The van der Waals surface area contributed by atoms with E-state index in [0.717, 1.165) is 12.0 Å². The second-order valence-electron chi connectivity index (χ2n) is 4.40. The Labute approximate surface area is 123 Å². The van der Waals surface area contributed by atoms with Gasteiger partial charge in [0.1, 0.15) is 16.5 Å². The zero-order valence-electron chi connectivity index (χ0n) is 11.9. The lowest BCUT2D eigenvalue weighted by Crippen LogP contribution is -2.14. The number of aliphatic carboxylic acids is 1. The largest absolute Gasteiger partial charge is 0.495 e. The van der Waals surface area contributed by atoms with Crippen molar-refractivity contribution in [2.45, 2.75) is 32.2 Å². The highest BCUT2D eigenvalue weighted by atomic mass is 35.5. The molecule has 0 heterocycles. The van der Waals surface area contributed by atoms with Crippen molar-refractivity contribution in [2.75, 3.05) is 14.2 Å². The fraction of sp³-hybridized carbons (Fsp3) is 0.500. The van der Waals surface area contributed by atoms with Gasteiger partial charge in [0.25, 0.3) is 0 Å². The highest BCUT2D eigenvalue weighted by molar-refractivity contribution is 6.33. The number of hydrogen-bond donors (Lipinski definition) is 2. The first-order valence-corrected chi connectivity index (χ1v) is 6.74. The van der Waals surface area contributed by atoms with Crippen LogP contribution in [-0.4, -0.2) is 25.3 Å². The van der Waals surface area contributed by atoms with Gasteiger partial charge in [0.05, 0.1) is 14.2 Å². The minimum atomic E-state index is -0.880. The Bertz CT molecular complexity index is 491.